The number of allylic oxidation sites excluding steroid dienone is 1. The zero-order chi connectivity index (χ0) is 18.9. The van der Waals surface area contributed by atoms with Crippen molar-refractivity contribution in [3.05, 3.63) is 64.2 Å². The number of nitriles is 1. The van der Waals surface area contributed by atoms with Crippen LogP contribution >= 0.6 is 11.3 Å². The van der Waals surface area contributed by atoms with Crippen LogP contribution in [0.15, 0.2) is 42.5 Å². The monoisotopic (exact) mass is 374 g/mol. The van der Waals surface area contributed by atoms with Crippen LogP contribution in [-0.2, 0) is 6.18 Å². The first-order valence-electron chi connectivity index (χ1n) is 7.21. The highest BCUT2D eigenvalue weighted by Crippen LogP contribution is 2.34. The molecule has 1 heterocycles. The van der Waals surface area contributed by atoms with E-state index in [0.29, 0.717) is 15.3 Å². The van der Waals surface area contributed by atoms with Crippen LogP contribution < -0.4 is 0 Å². The second-order valence-electron chi connectivity index (χ2n) is 5.30. The fourth-order valence-corrected chi connectivity index (χ4v) is 3.16. The maximum Gasteiger partial charge on any atom is 0.416 e. The number of hydrogen-bond acceptors (Lipinski definition) is 4. The number of aromatic nitrogens is 1. The molecule has 2 aromatic carbocycles. The van der Waals surface area contributed by atoms with Gasteiger partial charge in [-0.2, -0.15) is 18.4 Å². The summed E-state index contributed by atoms with van der Waals surface area (Å²) >= 11 is 1.11. The van der Waals surface area contributed by atoms with Gasteiger partial charge >= 0.3 is 12.1 Å². The molecule has 0 aliphatic carbocycles. The Hall–Kier alpha value is -3.18. The van der Waals surface area contributed by atoms with Crippen molar-refractivity contribution < 1.29 is 23.1 Å². The number of alkyl halides is 3. The molecule has 0 saturated heterocycles. The van der Waals surface area contributed by atoms with E-state index in [-0.39, 0.29) is 16.7 Å². The number of nitrogens with zero attached hydrogens (tertiary/aromatic N) is 2. The number of benzene rings is 2. The van der Waals surface area contributed by atoms with E-state index in [1.807, 2.05) is 6.07 Å². The van der Waals surface area contributed by atoms with Gasteiger partial charge in [-0.3, -0.25) is 0 Å². The van der Waals surface area contributed by atoms with Gasteiger partial charge in [0.05, 0.1) is 26.9 Å². The van der Waals surface area contributed by atoms with Gasteiger partial charge in [0.15, 0.2) is 0 Å². The van der Waals surface area contributed by atoms with Gasteiger partial charge in [-0.1, -0.05) is 12.1 Å². The molecule has 0 fully saturated rings. The summed E-state index contributed by atoms with van der Waals surface area (Å²) in [6, 6.07) is 11.1. The van der Waals surface area contributed by atoms with E-state index in [2.05, 4.69) is 4.98 Å². The van der Waals surface area contributed by atoms with Gasteiger partial charge in [0.25, 0.3) is 0 Å². The summed E-state index contributed by atoms with van der Waals surface area (Å²) in [5, 5.41) is 18.5. The molecule has 0 bridgehead atoms. The topological polar surface area (TPSA) is 74.0 Å². The Morgan fingerprint density at radius 1 is 1.19 bits per heavy atom. The van der Waals surface area contributed by atoms with Crippen molar-refractivity contribution in [3.63, 3.8) is 0 Å². The van der Waals surface area contributed by atoms with E-state index >= 15 is 0 Å². The van der Waals surface area contributed by atoms with Crippen LogP contribution in [0.25, 0.3) is 21.9 Å². The van der Waals surface area contributed by atoms with Crippen molar-refractivity contribution in [3.8, 4) is 6.07 Å². The van der Waals surface area contributed by atoms with Gasteiger partial charge in [0, 0.05) is 0 Å². The summed E-state index contributed by atoms with van der Waals surface area (Å²) in [5.74, 6) is -1.06. The first-order chi connectivity index (χ1) is 12.3. The number of aromatic carboxylic acids is 1. The predicted molar refractivity (Wildman–Crippen MR) is 91.5 cm³/mol. The summed E-state index contributed by atoms with van der Waals surface area (Å²) in [4.78, 5) is 15.0. The number of fused-ring (bicyclic) bond motifs is 1. The van der Waals surface area contributed by atoms with Crippen molar-refractivity contribution >= 4 is 39.2 Å². The lowest BCUT2D eigenvalue weighted by Gasteiger charge is -2.04. The summed E-state index contributed by atoms with van der Waals surface area (Å²) in [6.07, 6.45) is -2.95. The number of carboxylic acid groups (broad SMARTS) is 1. The first kappa shape index (κ1) is 17.6. The lowest BCUT2D eigenvalue weighted by atomic mass is 10.1. The second kappa shape index (κ2) is 6.61. The Balaban J connectivity index is 1.99. The second-order valence-corrected chi connectivity index (χ2v) is 6.33. The van der Waals surface area contributed by atoms with E-state index < -0.39 is 17.7 Å². The molecule has 8 heteroatoms. The van der Waals surface area contributed by atoms with Gasteiger partial charge < -0.3 is 5.11 Å². The summed E-state index contributed by atoms with van der Waals surface area (Å²) in [6.45, 7) is 0. The molecule has 0 aliphatic heterocycles. The molecular formula is C18H9F3N2O2S. The van der Waals surface area contributed by atoms with E-state index in [1.165, 1.54) is 36.4 Å². The molecule has 0 aliphatic rings. The van der Waals surface area contributed by atoms with Crippen molar-refractivity contribution in [2.24, 2.45) is 0 Å². The van der Waals surface area contributed by atoms with E-state index in [9.17, 15) is 23.2 Å². The van der Waals surface area contributed by atoms with Crippen LogP contribution in [0, 0.1) is 11.3 Å². The van der Waals surface area contributed by atoms with E-state index in [0.717, 1.165) is 23.5 Å². The van der Waals surface area contributed by atoms with Gasteiger partial charge in [-0.05, 0) is 42.0 Å². The molecule has 1 N–H and O–H groups in total. The number of thiazole rings is 1. The van der Waals surface area contributed by atoms with Crippen LogP contribution in [0.2, 0.25) is 0 Å². The van der Waals surface area contributed by atoms with Gasteiger partial charge in [-0.15, -0.1) is 11.3 Å². The highest BCUT2D eigenvalue weighted by atomic mass is 32.1. The minimum atomic E-state index is -4.46. The van der Waals surface area contributed by atoms with Crippen LogP contribution in [0.3, 0.4) is 0 Å². The van der Waals surface area contributed by atoms with Crippen molar-refractivity contribution in [1.29, 1.82) is 5.26 Å². The molecule has 0 saturated carbocycles. The summed E-state index contributed by atoms with van der Waals surface area (Å²) < 4.78 is 38.9. The molecule has 0 unspecified atom stereocenters. The predicted octanol–water partition coefficient (Wildman–Crippen LogP) is 5.08. The maximum absolute atomic E-state index is 12.8. The van der Waals surface area contributed by atoms with Gasteiger partial charge in [-0.25, -0.2) is 9.78 Å². The van der Waals surface area contributed by atoms with Crippen LogP contribution in [0.1, 0.15) is 26.5 Å². The minimum absolute atomic E-state index is 0.111. The third-order valence-electron chi connectivity index (χ3n) is 3.53. The molecule has 130 valence electrons. The van der Waals surface area contributed by atoms with Crippen molar-refractivity contribution in [2.45, 2.75) is 6.18 Å². The zero-order valence-corrected chi connectivity index (χ0v) is 13.7. The Kier molecular flexibility index (Phi) is 4.49. The Labute approximate surface area is 149 Å². The summed E-state index contributed by atoms with van der Waals surface area (Å²) in [7, 11) is 0. The average Bonchev–Trinajstić information content (AvgIpc) is 3.02. The quantitative estimate of drug-likeness (QED) is 0.649. The van der Waals surface area contributed by atoms with Crippen LogP contribution in [0.5, 0.6) is 0 Å². The standard InChI is InChI=1S/C18H9F3N2O2S/c19-18(20,21)13-5-6-15-14(8-13)23-16(26-15)12(9-22)7-10-1-3-11(4-2-10)17(24)25/h1-8H,(H,24,25)/b12-7+. The Bertz CT molecular complexity index is 1060. The molecule has 0 atom stereocenters. The van der Waals surface area contributed by atoms with Crippen molar-refractivity contribution in [2.75, 3.05) is 0 Å². The molecule has 3 aromatic rings. The highest BCUT2D eigenvalue weighted by molar-refractivity contribution is 7.19. The molecule has 4 nitrogen and oxygen atoms in total. The first-order valence-corrected chi connectivity index (χ1v) is 8.03. The summed E-state index contributed by atoms with van der Waals surface area (Å²) in [5.41, 5.74) is 0.251. The molecule has 26 heavy (non-hydrogen) atoms. The normalized spacial score (nSPS) is 12.2. The van der Waals surface area contributed by atoms with Crippen LogP contribution in [0.4, 0.5) is 13.2 Å². The fourth-order valence-electron chi connectivity index (χ4n) is 2.25. The lowest BCUT2D eigenvalue weighted by molar-refractivity contribution is -0.137. The molecule has 1 aromatic heterocycles. The van der Waals surface area contributed by atoms with E-state index in [1.54, 1.807) is 0 Å². The lowest BCUT2D eigenvalue weighted by Crippen LogP contribution is -2.03. The smallest absolute Gasteiger partial charge is 0.416 e. The van der Waals surface area contributed by atoms with Gasteiger partial charge in [0.1, 0.15) is 11.1 Å². The molecule has 0 spiro atoms. The number of rotatable bonds is 3. The zero-order valence-electron chi connectivity index (χ0n) is 12.9. The minimum Gasteiger partial charge on any atom is -0.478 e. The fraction of sp³-hybridized carbons (Fsp3) is 0.0556. The number of carboxylic acids is 1. The number of carbonyl (C=O) groups is 1. The van der Waals surface area contributed by atoms with E-state index in [4.69, 9.17) is 5.11 Å². The number of hydrogen-bond donors (Lipinski definition) is 1. The Morgan fingerprint density at radius 3 is 2.46 bits per heavy atom. The Morgan fingerprint density at radius 2 is 1.88 bits per heavy atom. The average molecular weight is 374 g/mol. The third-order valence-corrected chi connectivity index (χ3v) is 4.60. The molecular weight excluding hydrogens is 365 g/mol. The van der Waals surface area contributed by atoms with Gasteiger partial charge in [0.2, 0.25) is 0 Å². The van der Waals surface area contributed by atoms with Crippen molar-refractivity contribution in [1.82, 2.24) is 4.98 Å². The van der Waals surface area contributed by atoms with Crippen LogP contribution in [-0.4, -0.2) is 16.1 Å². The maximum atomic E-state index is 12.8. The molecule has 0 amide bonds. The number of halogens is 3. The highest BCUT2D eigenvalue weighted by Gasteiger charge is 2.30. The molecule has 0 radical (unpaired) electrons. The third kappa shape index (κ3) is 3.58. The largest absolute Gasteiger partial charge is 0.478 e. The SMILES string of the molecule is N#C/C(=C\c1ccc(C(=O)O)cc1)c1nc2cc(C(F)(F)F)ccc2s1. The molecule has 3 rings (SSSR count).